The van der Waals surface area contributed by atoms with Crippen LogP contribution in [-0.2, 0) is 11.3 Å². The molecule has 0 aliphatic rings. The van der Waals surface area contributed by atoms with Gasteiger partial charge >= 0.3 is 5.97 Å². The van der Waals surface area contributed by atoms with Crippen LogP contribution in [0.25, 0.3) is 10.6 Å². The van der Waals surface area contributed by atoms with E-state index in [0.29, 0.717) is 16.2 Å². The molecule has 28 heavy (non-hydrogen) atoms. The number of rotatable bonds is 4. The lowest BCUT2D eigenvalue weighted by Crippen LogP contribution is -2.16. The van der Waals surface area contributed by atoms with Crippen LogP contribution in [-0.4, -0.2) is 25.1 Å². The van der Waals surface area contributed by atoms with Gasteiger partial charge in [-0.3, -0.25) is 9.20 Å². The van der Waals surface area contributed by atoms with Crippen LogP contribution in [0.5, 0.6) is 0 Å². The Labute approximate surface area is 164 Å². The number of aromatic nitrogens is 4. The van der Waals surface area contributed by atoms with Crippen LogP contribution in [0.3, 0.4) is 0 Å². The van der Waals surface area contributed by atoms with Gasteiger partial charge in [-0.25, -0.2) is 14.5 Å². The fourth-order valence-corrected chi connectivity index (χ4v) is 3.92. The Bertz CT molecular complexity index is 1230. The lowest BCUT2D eigenvalue weighted by Gasteiger charge is -2.07. The van der Waals surface area contributed by atoms with E-state index in [1.165, 1.54) is 21.8 Å². The van der Waals surface area contributed by atoms with Gasteiger partial charge in [-0.15, -0.1) is 11.3 Å². The molecule has 4 aromatic rings. The molecule has 3 heterocycles. The fourth-order valence-electron chi connectivity index (χ4n) is 3.03. The van der Waals surface area contributed by atoms with Crippen molar-refractivity contribution >= 4 is 22.3 Å². The first kappa shape index (κ1) is 18.1. The van der Waals surface area contributed by atoms with Crippen molar-refractivity contribution < 1.29 is 9.53 Å². The number of carbonyl (C=O) groups excluding carboxylic acids is 1. The fraction of sp³-hybridized carbons (Fsp3) is 0.200. The second kappa shape index (κ2) is 7.05. The molecule has 0 radical (unpaired) electrons. The van der Waals surface area contributed by atoms with Crippen LogP contribution in [0.15, 0.2) is 46.6 Å². The van der Waals surface area contributed by atoms with E-state index >= 15 is 0 Å². The minimum Gasteiger partial charge on any atom is -0.456 e. The molecule has 0 amide bonds. The van der Waals surface area contributed by atoms with Crippen molar-refractivity contribution in [2.75, 3.05) is 0 Å². The van der Waals surface area contributed by atoms with Crippen molar-refractivity contribution in [3.8, 4) is 5.69 Å². The highest BCUT2D eigenvalue weighted by atomic mass is 32.1. The van der Waals surface area contributed by atoms with Crippen molar-refractivity contribution in [2.24, 2.45) is 0 Å². The Morgan fingerprint density at radius 2 is 1.86 bits per heavy atom. The van der Waals surface area contributed by atoms with Crippen LogP contribution in [0.4, 0.5) is 0 Å². The number of hydrogen-bond acceptors (Lipinski definition) is 6. The first-order chi connectivity index (χ1) is 13.4. The minimum atomic E-state index is -0.468. The monoisotopic (exact) mass is 394 g/mol. The first-order valence-corrected chi connectivity index (χ1v) is 9.58. The molecule has 0 spiro atoms. The van der Waals surface area contributed by atoms with E-state index in [-0.39, 0.29) is 12.2 Å². The lowest BCUT2D eigenvalue weighted by atomic mass is 10.2. The Kier molecular flexibility index (Phi) is 4.56. The maximum Gasteiger partial charge on any atom is 0.338 e. The SMILES string of the molecule is Cc1cc(C)n(-c2ccc(C(=O)OCc3cc(=O)n4c(C)csc4n3)cc2)n1. The number of hydrogen-bond donors (Lipinski definition) is 0. The van der Waals surface area contributed by atoms with Crippen molar-refractivity contribution in [3.05, 3.63) is 80.5 Å². The van der Waals surface area contributed by atoms with Gasteiger partial charge in [0.2, 0.25) is 0 Å². The maximum absolute atomic E-state index is 12.3. The Morgan fingerprint density at radius 1 is 1.11 bits per heavy atom. The number of esters is 1. The van der Waals surface area contributed by atoms with E-state index in [2.05, 4.69) is 10.1 Å². The van der Waals surface area contributed by atoms with Crippen molar-refractivity contribution in [3.63, 3.8) is 0 Å². The van der Waals surface area contributed by atoms with Crippen LogP contribution in [0.1, 0.15) is 33.1 Å². The van der Waals surface area contributed by atoms with E-state index < -0.39 is 5.97 Å². The molecule has 0 saturated carbocycles. The molecule has 0 bridgehead atoms. The number of ether oxygens (including phenoxy) is 1. The zero-order valence-electron chi connectivity index (χ0n) is 15.7. The average molecular weight is 394 g/mol. The summed E-state index contributed by atoms with van der Waals surface area (Å²) in [4.78, 5) is 29.5. The second-order valence-electron chi connectivity index (χ2n) is 6.54. The number of carbonyl (C=O) groups is 1. The molecule has 0 atom stereocenters. The van der Waals surface area contributed by atoms with Crippen molar-refractivity contribution in [1.82, 2.24) is 19.2 Å². The Morgan fingerprint density at radius 3 is 2.54 bits per heavy atom. The largest absolute Gasteiger partial charge is 0.456 e. The molecular weight excluding hydrogens is 376 g/mol. The van der Waals surface area contributed by atoms with E-state index in [1.54, 1.807) is 12.1 Å². The second-order valence-corrected chi connectivity index (χ2v) is 7.38. The van der Waals surface area contributed by atoms with Crippen LogP contribution in [0, 0.1) is 20.8 Å². The quantitative estimate of drug-likeness (QED) is 0.497. The summed E-state index contributed by atoms with van der Waals surface area (Å²) in [5.41, 5.74) is 4.34. The molecule has 0 N–H and O–H groups in total. The van der Waals surface area contributed by atoms with E-state index in [9.17, 15) is 9.59 Å². The van der Waals surface area contributed by atoms with Gasteiger partial charge in [-0.05, 0) is 51.1 Å². The Balaban J connectivity index is 1.48. The standard InChI is InChI=1S/C20H18N4O3S/c1-12-8-13(2)24(22-12)17-6-4-15(5-7-17)19(26)27-10-16-9-18(25)23-14(3)11-28-20(23)21-16/h4-9,11H,10H2,1-3H3. The molecule has 142 valence electrons. The van der Waals surface area contributed by atoms with Crippen LogP contribution >= 0.6 is 11.3 Å². The third-order valence-electron chi connectivity index (χ3n) is 4.34. The van der Waals surface area contributed by atoms with E-state index in [0.717, 1.165) is 22.8 Å². The lowest BCUT2D eigenvalue weighted by molar-refractivity contribution is 0.0468. The smallest absolute Gasteiger partial charge is 0.338 e. The summed E-state index contributed by atoms with van der Waals surface area (Å²) in [6.07, 6.45) is 0. The number of benzene rings is 1. The molecule has 0 unspecified atom stereocenters. The number of fused-ring (bicyclic) bond motifs is 1. The summed E-state index contributed by atoms with van der Waals surface area (Å²) in [6, 6.07) is 10.4. The third-order valence-corrected chi connectivity index (χ3v) is 5.28. The highest BCUT2D eigenvalue weighted by Crippen LogP contribution is 2.15. The van der Waals surface area contributed by atoms with Gasteiger partial charge < -0.3 is 4.74 Å². The third kappa shape index (κ3) is 3.34. The summed E-state index contributed by atoms with van der Waals surface area (Å²) in [7, 11) is 0. The normalized spacial score (nSPS) is 11.1. The van der Waals surface area contributed by atoms with Gasteiger partial charge in [-0.1, -0.05) is 0 Å². The van der Waals surface area contributed by atoms with Crippen molar-refractivity contribution in [2.45, 2.75) is 27.4 Å². The van der Waals surface area contributed by atoms with Gasteiger partial charge in [0.25, 0.3) is 5.56 Å². The van der Waals surface area contributed by atoms with E-state index in [1.807, 2.05) is 49.0 Å². The predicted octanol–water partition coefficient (Wildman–Crippen LogP) is 3.22. The molecule has 3 aromatic heterocycles. The number of nitrogens with zero attached hydrogens (tertiary/aromatic N) is 4. The minimum absolute atomic E-state index is 0.0548. The van der Waals surface area contributed by atoms with Crippen LogP contribution in [0.2, 0.25) is 0 Å². The predicted molar refractivity (Wildman–Crippen MR) is 106 cm³/mol. The molecule has 0 aliphatic heterocycles. The number of thiazole rings is 1. The van der Waals surface area contributed by atoms with Crippen LogP contribution < -0.4 is 5.56 Å². The average Bonchev–Trinajstić information content (AvgIpc) is 3.21. The molecule has 8 heteroatoms. The van der Waals surface area contributed by atoms with Gasteiger partial charge in [0.05, 0.1) is 22.6 Å². The summed E-state index contributed by atoms with van der Waals surface area (Å²) < 4.78 is 8.69. The molecule has 7 nitrogen and oxygen atoms in total. The topological polar surface area (TPSA) is 78.5 Å². The first-order valence-electron chi connectivity index (χ1n) is 8.70. The van der Waals surface area contributed by atoms with Gasteiger partial charge in [0.15, 0.2) is 4.96 Å². The number of aryl methyl sites for hydroxylation is 3. The van der Waals surface area contributed by atoms with Gasteiger partial charge in [0.1, 0.15) is 6.61 Å². The van der Waals surface area contributed by atoms with Gasteiger partial charge in [0, 0.05) is 22.8 Å². The van der Waals surface area contributed by atoms with E-state index in [4.69, 9.17) is 4.74 Å². The summed E-state index contributed by atoms with van der Waals surface area (Å²) >= 11 is 1.38. The maximum atomic E-state index is 12.3. The zero-order valence-corrected chi connectivity index (χ0v) is 16.5. The zero-order chi connectivity index (χ0) is 19.8. The highest BCUT2D eigenvalue weighted by Gasteiger charge is 2.12. The molecule has 4 rings (SSSR count). The highest BCUT2D eigenvalue weighted by molar-refractivity contribution is 7.15. The van der Waals surface area contributed by atoms with Gasteiger partial charge in [-0.2, -0.15) is 5.10 Å². The molecule has 1 aromatic carbocycles. The molecule has 0 saturated heterocycles. The summed E-state index contributed by atoms with van der Waals surface area (Å²) in [6.45, 7) is 5.70. The molecule has 0 fully saturated rings. The van der Waals surface area contributed by atoms with Crippen molar-refractivity contribution in [1.29, 1.82) is 0 Å². The summed E-state index contributed by atoms with van der Waals surface area (Å²) in [5.74, 6) is -0.468. The molecular formula is C20H18N4O3S. The molecule has 0 aliphatic carbocycles. The Hall–Kier alpha value is -3.26. The summed E-state index contributed by atoms with van der Waals surface area (Å²) in [5, 5.41) is 6.29.